The Morgan fingerprint density at radius 3 is 2.23 bits per heavy atom. The maximum atomic E-state index is 12.7. The van der Waals surface area contributed by atoms with Crippen molar-refractivity contribution >= 4 is 23.2 Å². The maximum Gasteiger partial charge on any atom is 0.272 e. The van der Waals surface area contributed by atoms with Crippen molar-refractivity contribution in [1.82, 2.24) is 0 Å². The van der Waals surface area contributed by atoms with Gasteiger partial charge in [0.15, 0.2) is 0 Å². The first-order valence-electron chi connectivity index (χ1n) is 7.30. The van der Waals surface area contributed by atoms with Crippen LogP contribution in [0.4, 0.5) is 11.4 Å². The number of allylic oxidation sites excluding steroid dienone is 2. The number of nitro groups is 1. The third kappa shape index (κ3) is 1.55. The molecule has 6 nitrogen and oxygen atoms in total. The van der Waals surface area contributed by atoms with E-state index in [1.54, 1.807) is 13.0 Å². The van der Waals surface area contributed by atoms with Gasteiger partial charge in [0.2, 0.25) is 11.8 Å². The van der Waals surface area contributed by atoms with Crippen LogP contribution in [0.3, 0.4) is 0 Å². The number of carbonyl (C=O) groups excluding carboxylic acids is 2. The Hall–Kier alpha value is -2.50. The predicted molar refractivity (Wildman–Crippen MR) is 78.0 cm³/mol. The molecular formula is C16H14N2O4. The molecule has 0 unspecified atom stereocenters. The van der Waals surface area contributed by atoms with Gasteiger partial charge in [0.25, 0.3) is 5.69 Å². The van der Waals surface area contributed by atoms with Crippen LogP contribution in [0.1, 0.15) is 12.0 Å². The number of hydrogen-bond donors (Lipinski definition) is 0. The monoisotopic (exact) mass is 298 g/mol. The Morgan fingerprint density at radius 2 is 1.73 bits per heavy atom. The first-order chi connectivity index (χ1) is 10.5. The zero-order valence-electron chi connectivity index (χ0n) is 11.9. The molecule has 4 atom stereocenters. The number of nitrogens with zero attached hydrogens (tertiary/aromatic N) is 2. The minimum Gasteiger partial charge on any atom is -0.274 e. The Kier molecular flexibility index (Phi) is 2.55. The van der Waals surface area contributed by atoms with E-state index in [9.17, 15) is 19.7 Å². The van der Waals surface area contributed by atoms with Gasteiger partial charge in [-0.25, -0.2) is 0 Å². The van der Waals surface area contributed by atoms with Crippen molar-refractivity contribution in [3.63, 3.8) is 0 Å². The highest BCUT2D eigenvalue weighted by Gasteiger charge is 2.59. The lowest BCUT2D eigenvalue weighted by atomic mass is 9.85. The van der Waals surface area contributed by atoms with E-state index < -0.39 is 4.92 Å². The zero-order chi connectivity index (χ0) is 15.6. The molecule has 1 aromatic carbocycles. The minimum atomic E-state index is -0.467. The van der Waals surface area contributed by atoms with E-state index in [2.05, 4.69) is 0 Å². The van der Waals surface area contributed by atoms with Crippen molar-refractivity contribution in [3.8, 4) is 0 Å². The number of hydrogen-bond acceptors (Lipinski definition) is 4. The molecular weight excluding hydrogens is 284 g/mol. The number of fused-ring (bicyclic) bond motifs is 5. The number of aryl methyl sites for hydroxylation is 1. The second-order valence-corrected chi connectivity index (χ2v) is 6.24. The fraction of sp³-hybridized carbons (Fsp3) is 0.375. The topological polar surface area (TPSA) is 80.5 Å². The molecule has 1 heterocycles. The van der Waals surface area contributed by atoms with Gasteiger partial charge < -0.3 is 0 Å². The van der Waals surface area contributed by atoms with Crippen molar-refractivity contribution in [3.05, 3.63) is 46.0 Å². The molecule has 1 aliphatic heterocycles. The van der Waals surface area contributed by atoms with Gasteiger partial charge in [-0.1, -0.05) is 12.2 Å². The molecule has 2 amide bonds. The number of carbonyl (C=O) groups is 2. The SMILES string of the molecule is Cc1cc(N2C(=O)[C@@H]3[C@H](C2=O)[C@@H]2C=C[C@H]3C2)ccc1[N+](=O)[O-]. The maximum absolute atomic E-state index is 12.7. The highest BCUT2D eigenvalue weighted by Crippen LogP contribution is 2.53. The van der Waals surface area contributed by atoms with Crippen LogP contribution in [0.2, 0.25) is 0 Å². The minimum absolute atomic E-state index is 0.00947. The molecule has 0 N–H and O–H groups in total. The third-order valence-corrected chi connectivity index (χ3v) is 5.11. The first kappa shape index (κ1) is 13.2. The first-order valence-corrected chi connectivity index (χ1v) is 7.30. The fourth-order valence-electron chi connectivity index (χ4n) is 4.14. The molecule has 0 radical (unpaired) electrons. The summed E-state index contributed by atoms with van der Waals surface area (Å²) in [5.74, 6) is -0.512. The van der Waals surface area contributed by atoms with Crippen molar-refractivity contribution in [1.29, 1.82) is 0 Å². The molecule has 0 aromatic heterocycles. The zero-order valence-corrected chi connectivity index (χ0v) is 11.9. The van der Waals surface area contributed by atoms with E-state index in [1.807, 2.05) is 12.2 Å². The van der Waals surface area contributed by atoms with Crippen LogP contribution in [-0.2, 0) is 9.59 Å². The second kappa shape index (κ2) is 4.25. The van der Waals surface area contributed by atoms with E-state index in [-0.39, 0.29) is 41.2 Å². The van der Waals surface area contributed by atoms with E-state index >= 15 is 0 Å². The number of anilines is 1. The molecule has 2 bridgehead atoms. The summed E-state index contributed by atoms with van der Waals surface area (Å²) in [5.41, 5.74) is 0.873. The summed E-state index contributed by atoms with van der Waals surface area (Å²) in [7, 11) is 0. The number of nitro benzene ring substituents is 1. The molecule has 112 valence electrons. The largest absolute Gasteiger partial charge is 0.274 e. The molecule has 1 saturated carbocycles. The Morgan fingerprint density at radius 1 is 1.14 bits per heavy atom. The Labute approximate surface area is 126 Å². The average molecular weight is 298 g/mol. The van der Waals surface area contributed by atoms with Gasteiger partial charge in [0.1, 0.15) is 0 Å². The lowest BCUT2D eigenvalue weighted by molar-refractivity contribution is -0.385. The molecule has 1 saturated heterocycles. The van der Waals surface area contributed by atoms with Gasteiger partial charge in [0.05, 0.1) is 22.4 Å². The van der Waals surface area contributed by atoms with Crippen molar-refractivity contribution in [2.24, 2.45) is 23.7 Å². The van der Waals surface area contributed by atoms with Crippen LogP contribution in [0.25, 0.3) is 0 Å². The number of rotatable bonds is 2. The highest BCUT2D eigenvalue weighted by molar-refractivity contribution is 6.22. The van der Waals surface area contributed by atoms with E-state index in [0.717, 1.165) is 6.42 Å². The molecule has 3 aliphatic rings. The quantitative estimate of drug-likeness (QED) is 0.363. The Balaban J connectivity index is 1.73. The number of imide groups is 1. The molecule has 1 aromatic rings. The summed E-state index contributed by atoms with van der Waals surface area (Å²) in [5, 5.41) is 10.9. The predicted octanol–water partition coefficient (Wildman–Crippen LogP) is 2.21. The van der Waals surface area contributed by atoms with Crippen molar-refractivity contribution < 1.29 is 14.5 Å². The fourth-order valence-corrected chi connectivity index (χ4v) is 4.14. The van der Waals surface area contributed by atoms with Crippen LogP contribution in [0.5, 0.6) is 0 Å². The normalized spacial score (nSPS) is 32.0. The van der Waals surface area contributed by atoms with Gasteiger partial charge in [0, 0.05) is 11.6 Å². The standard InChI is InChI=1S/C16H14N2O4/c1-8-6-11(4-5-12(8)18(21)22)17-15(19)13-9-2-3-10(7-9)14(13)16(17)20/h2-6,9-10,13-14H,7H2,1H3/t9-,10+,13-,14+. The molecule has 2 aliphatic carbocycles. The van der Waals surface area contributed by atoms with E-state index in [1.165, 1.54) is 17.0 Å². The van der Waals surface area contributed by atoms with Crippen LogP contribution in [-0.4, -0.2) is 16.7 Å². The van der Waals surface area contributed by atoms with Crippen molar-refractivity contribution in [2.75, 3.05) is 4.90 Å². The van der Waals surface area contributed by atoms with Crippen LogP contribution < -0.4 is 4.90 Å². The third-order valence-electron chi connectivity index (χ3n) is 5.11. The van der Waals surface area contributed by atoms with Crippen LogP contribution >= 0.6 is 0 Å². The molecule has 2 fully saturated rings. The van der Waals surface area contributed by atoms with Gasteiger partial charge in [-0.15, -0.1) is 0 Å². The van der Waals surface area contributed by atoms with Gasteiger partial charge in [-0.05, 0) is 37.3 Å². The molecule has 6 heteroatoms. The van der Waals surface area contributed by atoms with Crippen molar-refractivity contribution in [2.45, 2.75) is 13.3 Å². The summed E-state index contributed by atoms with van der Waals surface area (Å²) in [4.78, 5) is 37.0. The van der Waals surface area contributed by atoms with Gasteiger partial charge >= 0.3 is 0 Å². The van der Waals surface area contributed by atoms with Crippen LogP contribution in [0, 0.1) is 40.7 Å². The number of benzene rings is 1. The summed E-state index contributed by atoms with van der Waals surface area (Å²) < 4.78 is 0. The molecule has 4 rings (SSSR count). The lowest BCUT2D eigenvalue weighted by Gasteiger charge is -2.17. The molecule has 0 spiro atoms. The summed E-state index contributed by atoms with van der Waals surface area (Å²) in [6.45, 7) is 1.61. The van der Waals surface area contributed by atoms with Gasteiger partial charge in [-0.2, -0.15) is 0 Å². The number of amides is 2. The average Bonchev–Trinajstić information content (AvgIpc) is 3.12. The lowest BCUT2D eigenvalue weighted by Crippen LogP contribution is -2.32. The van der Waals surface area contributed by atoms with Crippen LogP contribution in [0.15, 0.2) is 30.4 Å². The smallest absolute Gasteiger partial charge is 0.272 e. The van der Waals surface area contributed by atoms with E-state index in [4.69, 9.17) is 0 Å². The molecule has 22 heavy (non-hydrogen) atoms. The second-order valence-electron chi connectivity index (χ2n) is 6.24. The Bertz CT molecular complexity index is 725. The highest BCUT2D eigenvalue weighted by atomic mass is 16.6. The summed E-state index contributed by atoms with van der Waals surface area (Å²) >= 11 is 0. The van der Waals surface area contributed by atoms with Gasteiger partial charge in [-0.3, -0.25) is 24.6 Å². The van der Waals surface area contributed by atoms with E-state index in [0.29, 0.717) is 11.3 Å². The summed E-state index contributed by atoms with van der Waals surface area (Å²) in [6, 6.07) is 4.38. The summed E-state index contributed by atoms with van der Waals surface area (Å²) in [6.07, 6.45) is 4.98.